The fourth-order valence-corrected chi connectivity index (χ4v) is 2.16. The van der Waals surface area contributed by atoms with Crippen LogP contribution in [0.2, 0.25) is 0 Å². The van der Waals surface area contributed by atoms with Gasteiger partial charge in [0, 0.05) is 26.6 Å². The first kappa shape index (κ1) is 20.5. The van der Waals surface area contributed by atoms with Crippen molar-refractivity contribution in [2.45, 2.75) is 19.9 Å². The third-order valence-corrected chi connectivity index (χ3v) is 3.51. The van der Waals surface area contributed by atoms with Crippen LogP contribution in [0.4, 0.5) is 0 Å². The Kier molecular flexibility index (Phi) is 10.2. The van der Waals surface area contributed by atoms with Crippen LogP contribution < -0.4 is 10.6 Å². The quantitative estimate of drug-likeness (QED) is 0.285. The topological polar surface area (TPSA) is 58.8 Å². The van der Waals surface area contributed by atoms with E-state index in [0.29, 0.717) is 13.2 Å². The maximum absolute atomic E-state index is 5.34. The van der Waals surface area contributed by atoms with Crippen LogP contribution in [0, 0.1) is 6.92 Å². The zero-order valence-electron chi connectivity index (χ0n) is 14.2. The molecule has 0 fully saturated rings. The molecule has 2 rings (SSSR count). The van der Waals surface area contributed by atoms with Crippen molar-refractivity contribution in [2.24, 2.45) is 4.99 Å². The number of aryl methyl sites for hydroxylation is 1. The highest BCUT2D eigenvalue weighted by molar-refractivity contribution is 14.0. The lowest BCUT2D eigenvalue weighted by molar-refractivity contribution is 0.203. The van der Waals surface area contributed by atoms with Crippen LogP contribution in [0.1, 0.15) is 16.9 Å². The van der Waals surface area contributed by atoms with E-state index in [1.165, 1.54) is 11.1 Å². The number of hydrogen-bond donors (Lipinski definition) is 2. The molecule has 1 aromatic heterocycles. The van der Waals surface area contributed by atoms with Crippen molar-refractivity contribution in [3.05, 3.63) is 59.5 Å². The van der Waals surface area contributed by atoms with Crippen molar-refractivity contribution < 1.29 is 9.15 Å². The van der Waals surface area contributed by atoms with Gasteiger partial charge in [0.1, 0.15) is 5.76 Å². The number of nitrogens with one attached hydrogen (secondary N) is 2. The van der Waals surface area contributed by atoms with Crippen molar-refractivity contribution in [1.29, 1.82) is 0 Å². The van der Waals surface area contributed by atoms with Crippen molar-refractivity contribution in [3.63, 3.8) is 0 Å². The molecule has 1 heterocycles. The maximum Gasteiger partial charge on any atom is 0.191 e. The smallest absolute Gasteiger partial charge is 0.191 e. The van der Waals surface area contributed by atoms with Gasteiger partial charge in [0.15, 0.2) is 5.96 Å². The Bertz CT molecular complexity index is 600. The van der Waals surface area contributed by atoms with E-state index in [1.54, 1.807) is 13.4 Å². The van der Waals surface area contributed by atoms with E-state index in [1.807, 2.05) is 24.3 Å². The summed E-state index contributed by atoms with van der Waals surface area (Å²) >= 11 is 0. The second kappa shape index (κ2) is 11.9. The van der Waals surface area contributed by atoms with Gasteiger partial charge in [-0.15, -0.1) is 24.0 Å². The number of furan rings is 1. The Morgan fingerprint density at radius 2 is 1.92 bits per heavy atom. The van der Waals surface area contributed by atoms with Crippen LogP contribution in [0.25, 0.3) is 0 Å². The maximum atomic E-state index is 5.34. The van der Waals surface area contributed by atoms with Gasteiger partial charge >= 0.3 is 0 Å². The van der Waals surface area contributed by atoms with Gasteiger partial charge in [-0.05, 0) is 30.2 Å². The molecule has 0 atom stereocenters. The molecule has 2 aromatic rings. The third-order valence-electron chi connectivity index (χ3n) is 3.51. The summed E-state index contributed by atoms with van der Waals surface area (Å²) in [5, 5.41) is 6.60. The number of aliphatic imine (C=N–C) groups is 1. The molecule has 0 radical (unpaired) electrons. The lowest BCUT2D eigenvalue weighted by Crippen LogP contribution is -2.40. The first-order chi connectivity index (χ1) is 11.3. The van der Waals surface area contributed by atoms with Gasteiger partial charge in [0.2, 0.25) is 0 Å². The van der Waals surface area contributed by atoms with E-state index in [4.69, 9.17) is 9.15 Å². The number of halogens is 1. The highest BCUT2D eigenvalue weighted by atomic mass is 127. The second-order valence-electron chi connectivity index (χ2n) is 5.27. The minimum atomic E-state index is 0. The Morgan fingerprint density at radius 3 is 2.62 bits per heavy atom. The molecule has 0 saturated heterocycles. The first-order valence-electron chi connectivity index (χ1n) is 7.87. The van der Waals surface area contributed by atoms with Gasteiger partial charge in [-0.2, -0.15) is 0 Å². The highest BCUT2D eigenvalue weighted by Gasteiger charge is 2.01. The average Bonchev–Trinajstić information content (AvgIpc) is 3.07. The Hall–Kier alpha value is -1.54. The lowest BCUT2D eigenvalue weighted by atomic mass is 10.1. The zero-order valence-corrected chi connectivity index (χ0v) is 16.6. The van der Waals surface area contributed by atoms with E-state index < -0.39 is 0 Å². The molecule has 6 heteroatoms. The molecular formula is C18H26IN3O2. The second-order valence-corrected chi connectivity index (χ2v) is 5.27. The van der Waals surface area contributed by atoms with Gasteiger partial charge in [-0.1, -0.05) is 24.3 Å². The van der Waals surface area contributed by atoms with Crippen molar-refractivity contribution >= 4 is 29.9 Å². The monoisotopic (exact) mass is 443 g/mol. The van der Waals surface area contributed by atoms with Gasteiger partial charge < -0.3 is 19.8 Å². The standard InChI is InChI=1S/C18H25N3O2.HI/c1-15-6-3-4-7-16(15)14-21-18(20-11-13-22-2)19-10-9-17-8-5-12-23-17;/h3-8,12H,9-11,13-14H2,1-2H3,(H2,19,20,21);1H. The summed E-state index contributed by atoms with van der Waals surface area (Å²) in [5.41, 5.74) is 2.48. The molecular weight excluding hydrogens is 417 g/mol. The number of methoxy groups -OCH3 is 1. The lowest BCUT2D eigenvalue weighted by Gasteiger charge is -2.12. The van der Waals surface area contributed by atoms with E-state index in [-0.39, 0.29) is 24.0 Å². The molecule has 0 bridgehead atoms. The molecule has 132 valence electrons. The minimum Gasteiger partial charge on any atom is -0.469 e. The molecule has 5 nitrogen and oxygen atoms in total. The summed E-state index contributed by atoms with van der Waals surface area (Å²) < 4.78 is 10.4. The third kappa shape index (κ3) is 7.35. The SMILES string of the molecule is COCCNC(=NCc1ccccc1C)NCCc1ccco1.I. The molecule has 0 aliphatic rings. The Labute approximate surface area is 160 Å². The summed E-state index contributed by atoms with van der Waals surface area (Å²) in [6.45, 7) is 4.88. The Morgan fingerprint density at radius 1 is 1.12 bits per heavy atom. The minimum absolute atomic E-state index is 0. The molecule has 0 spiro atoms. The normalized spacial score (nSPS) is 11.0. The Balaban J connectivity index is 0.00000288. The zero-order chi connectivity index (χ0) is 16.3. The number of guanidine groups is 1. The number of nitrogens with zero attached hydrogens (tertiary/aromatic N) is 1. The molecule has 0 saturated carbocycles. The van der Waals surface area contributed by atoms with Crippen LogP contribution >= 0.6 is 24.0 Å². The van der Waals surface area contributed by atoms with E-state index in [2.05, 4.69) is 34.7 Å². The number of hydrogen-bond acceptors (Lipinski definition) is 3. The first-order valence-corrected chi connectivity index (χ1v) is 7.87. The van der Waals surface area contributed by atoms with Crippen LogP contribution in [-0.4, -0.2) is 32.8 Å². The summed E-state index contributed by atoms with van der Waals surface area (Å²) in [6.07, 6.45) is 2.52. The number of ether oxygens (including phenoxy) is 1. The molecule has 2 N–H and O–H groups in total. The van der Waals surface area contributed by atoms with E-state index in [0.717, 1.165) is 31.2 Å². The van der Waals surface area contributed by atoms with Gasteiger partial charge in [-0.25, -0.2) is 4.99 Å². The van der Waals surface area contributed by atoms with E-state index >= 15 is 0 Å². The van der Waals surface area contributed by atoms with Crippen LogP contribution in [0.3, 0.4) is 0 Å². The van der Waals surface area contributed by atoms with Crippen LogP contribution in [0.15, 0.2) is 52.1 Å². The van der Waals surface area contributed by atoms with Crippen molar-refractivity contribution in [3.8, 4) is 0 Å². The average molecular weight is 443 g/mol. The summed E-state index contributed by atoms with van der Waals surface area (Å²) in [5.74, 6) is 1.75. The number of benzene rings is 1. The molecule has 24 heavy (non-hydrogen) atoms. The largest absolute Gasteiger partial charge is 0.469 e. The molecule has 0 amide bonds. The van der Waals surface area contributed by atoms with Crippen LogP contribution in [-0.2, 0) is 17.7 Å². The van der Waals surface area contributed by atoms with Gasteiger partial charge in [0.05, 0.1) is 19.4 Å². The fourth-order valence-electron chi connectivity index (χ4n) is 2.16. The summed E-state index contributed by atoms with van der Waals surface area (Å²) in [7, 11) is 1.69. The van der Waals surface area contributed by atoms with E-state index in [9.17, 15) is 0 Å². The summed E-state index contributed by atoms with van der Waals surface area (Å²) in [6, 6.07) is 12.2. The summed E-state index contributed by atoms with van der Waals surface area (Å²) in [4.78, 5) is 4.65. The molecule has 0 aliphatic carbocycles. The van der Waals surface area contributed by atoms with Crippen molar-refractivity contribution in [1.82, 2.24) is 10.6 Å². The van der Waals surface area contributed by atoms with Crippen LogP contribution in [0.5, 0.6) is 0 Å². The molecule has 0 aliphatic heterocycles. The van der Waals surface area contributed by atoms with Gasteiger partial charge in [0.25, 0.3) is 0 Å². The predicted octanol–water partition coefficient (Wildman–Crippen LogP) is 3.13. The van der Waals surface area contributed by atoms with Gasteiger partial charge in [-0.3, -0.25) is 0 Å². The highest BCUT2D eigenvalue weighted by Crippen LogP contribution is 2.07. The fraction of sp³-hybridized carbons (Fsp3) is 0.389. The molecule has 0 unspecified atom stereocenters. The van der Waals surface area contributed by atoms with Crippen molar-refractivity contribution in [2.75, 3.05) is 26.8 Å². The number of rotatable bonds is 8. The predicted molar refractivity (Wildman–Crippen MR) is 108 cm³/mol. The molecule has 1 aromatic carbocycles.